The molecule has 5 heteroatoms. The van der Waals surface area contributed by atoms with Gasteiger partial charge in [-0.05, 0) is 63.2 Å². The molecular formula is C18H23N3O2. The molecule has 2 aromatic rings. The van der Waals surface area contributed by atoms with Gasteiger partial charge < -0.3 is 15.1 Å². The fourth-order valence-corrected chi connectivity index (χ4v) is 3.25. The number of nitrogens with zero attached hydrogens (tertiary/aromatic N) is 1. The predicted octanol–water partition coefficient (Wildman–Crippen LogP) is 3.42. The molecule has 1 aliphatic carbocycles. The van der Waals surface area contributed by atoms with Gasteiger partial charge in [-0.15, -0.1) is 0 Å². The topological polar surface area (TPSA) is 67.2 Å². The van der Waals surface area contributed by atoms with Crippen molar-refractivity contribution in [3.05, 3.63) is 24.1 Å². The third-order valence-corrected chi connectivity index (χ3v) is 4.85. The Morgan fingerprint density at radius 2 is 2.09 bits per heavy atom. The first-order valence-electron chi connectivity index (χ1n) is 8.69. The molecule has 2 fully saturated rings. The van der Waals surface area contributed by atoms with E-state index in [0.29, 0.717) is 18.3 Å². The number of amides is 1. The number of nitrogens with one attached hydrogen (secondary N) is 2. The van der Waals surface area contributed by atoms with E-state index in [9.17, 15) is 4.79 Å². The van der Waals surface area contributed by atoms with Crippen molar-refractivity contribution < 1.29 is 9.21 Å². The lowest BCUT2D eigenvalue weighted by molar-refractivity contribution is -0.116. The van der Waals surface area contributed by atoms with Gasteiger partial charge in [0.25, 0.3) is 0 Å². The number of carbonyl (C=O) groups is 1. The van der Waals surface area contributed by atoms with Gasteiger partial charge in [0.15, 0.2) is 11.5 Å². The summed E-state index contributed by atoms with van der Waals surface area (Å²) in [5, 5.41) is 6.34. The lowest BCUT2D eigenvalue weighted by Gasteiger charge is -2.22. The molecule has 1 saturated heterocycles. The molecule has 5 nitrogen and oxygen atoms in total. The molecule has 2 N–H and O–H groups in total. The van der Waals surface area contributed by atoms with E-state index in [4.69, 9.17) is 4.42 Å². The summed E-state index contributed by atoms with van der Waals surface area (Å²) >= 11 is 0. The second kappa shape index (κ2) is 6.32. The molecule has 1 aliphatic heterocycles. The predicted molar refractivity (Wildman–Crippen MR) is 89.4 cm³/mol. The minimum atomic E-state index is 0.0878. The average Bonchev–Trinajstić information content (AvgIpc) is 3.34. The van der Waals surface area contributed by atoms with E-state index in [0.717, 1.165) is 42.2 Å². The van der Waals surface area contributed by atoms with Crippen LogP contribution in [0.2, 0.25) is 0 Å². The molecule has 0 bridgehead atoms. The summed E-state index contributed by atoms with van der Waals surface area (Å²) in [7, 11) is 0. The highest BCUT2D eigenvalue weighted by Crippen LogP contribution is 2.40. The van der Waals surface area contributed by atoms with Crippen LogP contribution >= 0.6 is 0 Å². The number of fused-ring (bicyclic) bond motifs is 1. The van der Waals surface area contributed by atoms with Crippen molar-refractivity contribution in [3.63, 3.8) is 0 Å². The molecule has 0 spiro atoms. The summed E-state index contributed by atoms with van der Waals surface area (Å²) in [6.07, 6.45) is 6.28. The first-order valence-corrected chi connectivity index (χ1v) is 8.69. The SMILES string of the molecule is O=C(CCC1CCNCC1)Nc1ccc2nc(C3CC3)oc2c1. The second-order valence-corrected chi connectivity index (χ2v) is 6.79. The van der Waals surface area contributed by atoms with Crippen molar-refractivity contribution in [2.45, 2.75) is 44.4 Å². The Morgan fingerprint density at radius 1 is 1.26 bits per heavy atom. The smallest absolute Gasteiger partial charge is 0.224 e. The van der Waals surface area contributed by atoms with Crippen LogP contribution in [0.25, 0.3) is 11.1 Å². The van der Waals surface area contributed by atoms with Gasteiger partial charge in [-0.3, -0.25) is 4.79 Å². The molecule has 23 heavy (non-hydrogen) atoms. The molecule has 0 atom stereocenters. The number of oxazole rings is 1. The van der Waals surface area contributed by atoms with Crippen LogP contribution in [0.5, 0.6) is 0 Å². The van der Waals surface area contributed by atoms with Gasteiger partial charge in [0.05, 0.1) is 0 Å². The zero-order chi connectivity index (χ0) is 15.6. The summed E-state index contributed by atoms with van der Waals surface area (Å²) in [6.45, 7) is 2.16. The fraction of sp³-hybridized carbons (Fsp3) is 0.556. The van der Waals surface area contributed by atoms with E-state index in [2.05, 4.69) is 15.6 Å². The van der Waals surface area contributed by atoms with Gasteiger partial charge in [0.1, 0.15) is 5.52 Å². The van der Waals surface area contributed by atoms with Crippen molar-refractivity contribution in [3.8, 4) is 0 Å². The Balaban J connectivity index is 1.35. The van der Waals surface area contributed by atoms with Gasteiger partial charge in [0.2, 0.25) is 5.91 Å². The summed E-state index contributed by atoms with van der Waals surface area (Å²) in [5.41, 5.74) is 2.44. The van der Waals surface area contributed by atoms with Crippen LogP contribution in [0.3, 0.4) is 0 Å². The highest BCUT2D eigenvalue weighted by molar-refractivity contribution is 5.92. The molecule has 2 heterocycles. The number of carbonyl (C=O) groups excluding carboxylic acids is 1. The summed E-state index contributed by atoms with van der Waals surface area (Å²) in [5.74, 6) is 2.12. The van der Waals surface area contributed by atoms with Crippen molar-refractivity contribution in [1.29, 1.82) is 0 Å². The van der Waals surface area contributed by atoms with E-state index in [1.165, 1.54) is 25.7 Å². The number of hydrogen-bond donors (Lipinski definition) is 2. The quantitative estimate of drug-likeness (QED) is 0.887. The Kier molecular flexibility index (Phi) is 4.04. The Labute approximate surface area is 135 Å². The van der Waals surface area contributed by atoms with Crippen LogP contribution in [0.1, 0.15) is 50.3 Å². The largest absolute Gasteiger partial charge is 0.440 e. The number of anilines is 1. The Morgan fingerprint density at radius 3 is 2.87 bits per heavy atom. The standard InChI is InChI=1S/C18H23N3O2/c22-17(6-1-12-7-9-19-10-8-12)20-14-4-5-15-16(11-14)23-18(21-15)13-2-3-13/h4-5,11-13,19H,1-3,6-10H2,(H,20,22). The third-order valence-electron chi connectivity index (χ3n) is 4.85. The van der Waals surface area contributed by atoms with E-state index >= 15 is 0 Å². The van der Waals surface area contributed by atoms with Crippen molar-refractivity contribution in [2.75, 3.05) is 18.4 Å². The summed E-state index contributed by atoms with van der Waals surface area (Å²) in [4.78, 5) is 16.6. The molecule has 1 amide bonds. The maximum atomic E-state index is 12.1. The second-order valence-electron chi connectivity index (χ2n) is 6.79. The Hall–Kier alpha value is -1.88. The van der Waals surface area contributed by atoms with Gasteiger partial charge in [-0.25, -0.2) is 4.98 Å². The lowest BCUT2D eigenvalue weighted by atomic mass is 9.93. The van der Waals surface area contributed by atoms with Crippen LogP contribution < -0.4 is 10.6 Å². The number of rotatable bonds is 5. The first kappa shape index (κ1) is 14.7. The van der Waals surface area contributed by atoms with Crippen LogP contribution in [0.4, 0.5) is 5.69 Å². The molecule has 1 saturated carbocycles. The maximum absolute atomic E-state index is 12.1. The molecule has 0 unspecified atom stereocenters. The van der Waals surface area contributed by atoms with E-state index < -0.39 is 0 Å². The van der Waals surface area contributed by atoms with Crippen LogP contribution in [0.15, 0.2) is 22.6 Å². The monoisotopic (exact) mass is 313 g/mol. The minimum Gasteiger partial charge on any atom is -0.440 e. The molecule has 0 radical (unpaired) electrons. The number of piperidine rings is 1. The van der Waals surface area contributed by atoms with Crippen LogP contribution in [-0.2, 0) is 4.79 Å². The molecule has 4 rings (SSSR count). The molecular weight excluding hydrogens is 290 g/mol. The fourth-order valence-electron chi connectivity index (χ4n) is 3.25. The van der Waals surface area contributed by atoms with Crippen LogP contribution in [-0.4, -0.2) is 24.0 Å². The average molecular weight is 313 g/mol. The molecule has 1 aromatic heterocycles. The summed E-state index contributed by atoms with van der Waals surface area (Å²) in [6, 6.07) is 5.72. The lowest BCUT2D eigenvalue weighted by Crippen LogP contribution is -2.28. The Bertz CT molecular complexity index is 699. The number of hydrogen-bond acceptors (Lipinski definition) is 4. The van der Waals surface area contributed by atoms with Crippen molar-refractivity contribution in [2.24, 2.45) is 5.92 Å². The van der Waals surface area contributed by atoms with Gasteiger partial charge in [-0.2, -0.15) is 0 Å². The first-order chi connectivity index (χ1) is 11.3. The van der Waals surface area contributed by atoms with Gasteiger partial charge in [0, 0.05) is 24.1 Å². The number of aromatic nitrogens is 1. The van der Waals surface area contributed by atoms with Crippen molar-refractivity contribution in [1.82, 2.24) is 10.3 Å². The molecule has 1 aromatic carbocycles. The number of benzene rings is 1. The third kappa shape index (κ3) is 3.55. The highest BCUT2D eigenvalue weighted by Gasteiger charge is 2.28. The summed E-state index contributed by atoms with van der Waals surface area (Å²) < 4.78 is 5.80. The minimum absolute atomic E-state index is 0.0878. The van der Waals surface area contributed by atoms with Gasteiger partial charge in [-0.1, -0.05) is 0 Å². The molecule has 2 aliphatic rings. The normalized spacial score (nSPS) is 19.1. The van der Waals surface area contributed by atoms with Crippen LogP contribution in [0, 0.1) is 5.92 Å². The van der Waals surface area contributed by atoms with E-state index in [1.807, 2.05) is 18.2 Å². The van der Waals surface area contributed by atoms with Crippen molar-refractivity contribution >= 4 is 22.7 Å². The van der Waals surface area contributed by atoms with E-state index in [1.54, 1.807) is 0 Å². The molecule has 122 valence electrons. The highest BCUT2D eigenvalue weighted by atomic mass is 16.3. The maximum Gasteiger partial charge on any atom is 0.224 e. The zero-order valence-electron chi connectivity index (χ0n) is 13.3. The van der Waals surface area contributed by atoms with E-state index in [-0.39, 0.29) is 5.91 Å². The zero-order valence-corrected chi connectivity index (χ0v) is 13.3. The van der Waals surface area contributed by atoms with Gasteiger partial charge >= 0.3 is 0 Å².